The number of benzene rings is 1. The molecule has 0 aliphatic carbocycles. The maximum absolute atomic E-state index is 8.38. The summed E-state index contributed by atoms with van der Waals surface area (Å²) < 4.78 is 5.62. The fourth-order valence-corrected chi connectivity index (χ4v) is 1.66. The molecule has 0 heterocycles. The molecule has 0 saturated carbocycles. The highest BCUT2D eigenvalue weighted by Crippen LogP contribution is 2.20. The Morgan fingerprint density at radius 3 is 2.80 bits per heavy atom. The average molecular weight is 271 g/mol. The molecule has 0 radical (unpaired) electrons. The Bertz CT molecular complexity index is 536. The van der Waals surface area contributed by atoms with Crippen LogP contribution in [0.5, 0.6) is 5.75 Å². The van der Waals surface area contributed by atoms with Gasteiger partial charge in [-0.25, -0.2) is 0 Å². The highest BCUT2D eigenvalue weighted by molar-refractivity contribution is 5.42. The lowest BCUT2D eigenvalue weighted by Crippen LogP contribution is -1.94. The van der Waals surface area contributed by atoms with E-state index in [-0.39, 0.29) is 0 Å². The summed E-state index contributed by atoms with van der Waals surface area (Å²) in [4.78, 5) is 2.76. The van der Waals surface area contributed by atoms with Gasteiger partial charge in [0.05, 0.1) is 0 Å². The first-order valence-electron chi connectivity index (χ1n) is 6.69. The summed E-state index contributed by atoms with van der Waals surface area (Å²) in [7, 11) is 0. The second-order valence-electron chi connectivity index (χ2n) is 4.87. The van der Waals surface area contributed by atoms with Gasteiger partial charge in [-0.1, -0.05) is 34.5 Å². The van der Waals surface area contributed by atoms with Gasteiger partial charge in [-0.2, -0.15) is 0 Å². The number of hydrogen-bond acceptors (Lipinski definition) is 2. The van der Waals surface area contributed by atoms with Crippen LogP contribution in [0.25, 0.3) is 10.4 Å². The molecule has 106 valence electrons. The first kappa shape index (κ1) is 15.9. The van der Waals surface area contributed by atoms with Gasteiger partial charge >= 0.3 is 0 Å². The van der Waals surface area contributed by atoms with Gasteiger partial charge in [0, 0.05) is 10.6 Å². The molecule has 0 aliphatic rings. The SMILES string of the molecule is CC(C)=CCC/C(C)=C/COc1cccc(N=[N+]=[N-])c1. The van der Waals surface area contributed by atoms with Crippen LogP contribution >= 0.6 is 0 Å². The molecular formula is C16H21N3O. The minimum Gasteiger partial charge on any atom is -0.490 e. The van der Waals surface area contributed by atoms with Crippen LogP contribution in [0, 0.1) is 0 Å². The van der Waals surface area contributed by atoms with E-state index >= 15 is 0 Å². The molecule has 0 aliphatic heterocycles. The van der Waals surface area contributed by atoms with Gasteiger partial charge in [0.2, 0.25) is 0 Å². The number of nitrogens with zero attached hydrogens (tertiary/aromatic N) is 3. The molecule has 0 N–H and O–H groups in total. The van der Waals surface area contributed by atoms with E-state index in [0.29, 0.717) is 18.0 Å². The molecular weight excluding hydrogens is 250 g/mol. The molecule has 1 aromatic rings. The topological polar surface area (TPSA) is 58.0 Å². The van der Waals surface area contributed by atoms with Crippen molar-refractivity contribution < 1.29 is 4.74 Å². The summed E-state index contributed by atoms with van der Waals surface area (Å²) in [6.07, 6.45) is 6.44. The number of ether oxygens (including phenoxy) is 1. The van der Waals surface area contributed by atoms with Crippen molar-refractivity contribution in [3.05, 3.63) is 58.0 Å². The maximum atomic E-state index is 8.38. The summed E-state index contributed by atoms with van der Waals surface area (Å²) in [5.41, 5.74) is 11.6. The largest absolute Gasteiger partial charge is 0.490 e. The second kappa shape index (κ2) is 8.83. The van der Waals surface area contributed by atoms with Crippen LogP contribution in [0.4, 0.5) is 5.69 Å². The highest BCUT2D eigenvalue weighted by atomic mass is 16.5. The summed E-state index contributed by atoms with van der Waals surface area (Å²) >= 11 is 0. The molecule has 0 aromatic heterocycles. The number of azide groups is 1. The van der Waals surface area contributed by atoms with Crippen molar-refractivity contribution in [1.29, 1.82) is 0 Å². The van der Waals surface area contributed by atoms with Crippen LogP contribution in [-0.2, 0) is 0 Å². The Hall–Kier alpha value is -2.19. The third-order valence-electron chi connectivity index (χ3n) is 2.75. The fraction of sp³-hybridized carbons (Fsp3) is 0.375. The zero-order valence-corrected chi connectivity index (χ0v) is 12.3. The van der Waals surface area contributed by atoms with Crippen LogP contribution in [0.2, 0.25) is 0 Å². The Labute approximate surface area is 120 Å². The molecule has 1 rings (SSSR count). The lowest BCUT2D eigenvalue weighted by Gasteiger charge is -2.05. The molecule has 0 saturated heterocycles. The molecule has 1 aromatic carbocycles. The van der Waals surface area contributed by atoms with Crippen molar-refractivity contribution >= 4 is 5.69 Å². The normalized spacial score (nSPS) is 10.7. The van der Waals surface area contributed by atoms with Crippen LogP contribution in [0.1, 0.15) is 33.6 Å². The molecule has 4 heteroatoms. The van der Waals surface area contributed by atoms with Gasteiger partial charge in [0.25, 0.3) is 0 Å². The summed E-state index contributed by atoms with van der Waals surface area (Å²) in [5.74, 6) is 0.711. The Balaban J connectivity index is 2.44. The van der Waals surface area contributed by atoms with Gasteiger partial charge in [0.1, 0.15) is 12.4 Å². The molecule has 20 heavy (non-hydrogen) atoms. The van der Waals surface area contributed by atoms with Crippen molar-refractivity contribution in [2.45, 2.75) is 33.6 Å². The standard InChI is InChI=1S/C16H21N3O/c1-13(2)6-4-7-14(3)10-11-20-16-9-5-8-15(12-16)18-19-17/h5-6,8-10,12H,4,7,11H2,1-3H3/b14-10+. The van der Waals surface area contributed by atoms with Crippen molar-refractivity contribution in [2.75, 3.05) is 6.61 Å². The quantitative estimate of drug-likeness (QED) is 0.271. The van der Waals surface area contributed by atoms with E-state index in [1.807, 2.05) is 12.1 Å². The van der Waals surface area contributed by atoms with E-state index in [1.165, 1.54) is 11.1 Å². The Kier molecular flexibility index (Phi) is 7.01. The Morgan fingerprint density at radius 1 is 1.30 bits per heavy atom. The lowest BCUT2D eigenvalue weighted by molar-refractivity contribution is 0.362. The molecule has 0 bridgehead atoms. The minimum absolute atomic E-state index is 0.528. The molecule has 0 fully saturated rings. The van der Waals surface area contributed by atoms with Crippen molar-refractivity contribution in [3.8, 4) is 5.75 Å². The van der Waals surface area contributed by atoms with Gasteiger partial charge in [-0.3, -0.25) is 0 Å². The van der Waals surface area contributed by atoms with E-state index < -0.39 is 0 Å². The van der Waals surface area contributed by atoms with Gasteiger partial charge < -0.3 is 4.74 Å². The first-order chi connectivity index (χ1) is 9.61. The third kappa shape index (κ3) is 6.66. The van der Waals surface area contributed by atoms with Crippen LogP contribution in [0.15, 0.2) is 52.7 Å². The van der Waals surface area contributed by atoms with Crippen LogP contribution < -0.4 is 4.74 Å². The van der Waals surface area contributed by atoms with E-state index in [0.717, 1.165) is 12.8 Å². The number of rotatable bonds is 7. The third-order valence-corrected chi connectivity index (χ3v) is 2.75. The van der Waals surface area contributed by atoms with E-state index in [2.05, 4.69) is 42.9 Å². The monoisotopic (exact) mass is 271 g/mol. The summed E-state index contributed by atoms with van der Waals surface area (Å²) in [6.45, 7) is 6.86. The zero-order valence-electron chi connectivity index (χ0n) is 12.3. The molecule has 0 spiro atoms. The smallest absolute Gasteiger partial charge is 0.120 e. The maximum Gasteiger partial charge on any atom is 0.120 e. The summed E-state index contributed by atoms with van der Waals surface area (Å²) in [5, 5.41) is 3.55. The van der Waals surface area contributed by atoms with Gasteiger partial charge in [-0.05, 0) is 57.4 Å². The lowest BCUT2D eigenvalue weighted by atomic mass is 10.1. The highest BCUT2D eigenvalue weighted by Gasteiger charge is 1.95. The first-order valence-corrected chi connectivity index (χ1v) is 6.69. The zero-order chi connectivity index (χ0) is 14.8. The van der Waals surface area contributed by atoms with Crippen LogP contribution in [0.3, 0.4) is 0 Å². The predicted molar refractivity (Wildman–Crippen MR) is 83.2 cm³/mol. The van der Waals surface area contributed by atoms with Crippen molar-refractivity contribution in [3.63, 3.8) is 0 Å². The fourth-order valence-electron chi connectivity index (χ4n) is 1.66. The second-order valence-corrected chi connectivity index (χ2v) is 4.87. The van der Waals surface area contributed by atoms with E-state index in [9.17, 15) is 0 Å². The van der Waals surface area contributed by atoms with Crippen molar-refractivity contribution in [2.24, 2.45) is 5.11 Å². The molecule has 0 atom stereocenters. The van der Waals surface area contributed by atoms with Gasteiger partial charge in [-0.15, -0.1) is 0 Å². The summed E-state index contributed by atoms with van der Waals surface area (Å²) in [6, 6.07) is 7.13. The Morgan fingerprint density at radius 2 is 2.10 bits per heavy atom. The predicted octanol–water partition coefficient (Wildman–Crippen LogP) is 5.70. The molecule has 0 amide bonds. The number of hydrogen-bond donors (Lipinski definition) is 0. The van der Waals surface area contributed by atoms with Gasteiger partial charge in [0.15, 0.2) is 0 Å². The molecule has 4 nitrogen and oxygen atoms in total. The van der Waals surface area contributed by atoms with Crippen molar-refractivity contribution in [1.82, 2.24) is 0 Å². The minimum atomic E-state index is 0.528. The average Bonchev–Trinajstić information content (AvgIpc) is 2.39. The number of allylic oxidation sites excluding steroid dienone is 3. The molecule has 0 unspecified atom stereocenters. The van der Waals surface area contributed by atoms with E-state index in [1.54, 1.807) is 12.1 Å². The van der Waals surface area contributed by atoms with Crippen LogP contribution in [-0.4, -0.2) is 6.61 Å². The van der Waals surface area contributed by atoms with E-state index in [4.69, 9.17) is 10.3 Å².